The van der Waals surface area contributed by atoms with E-state index in [0.29, 0.717) is 37.1 Å². The molecule has 1 atom stereocenters. The molecule has 0 radical (unpaired) electrons. The summed E-state index contributed by atoms with van der Waals surface area (Å²) in [4.78, 5) is 26.8. The number of benzene rings is 2. The summed E-state index contributed by atoms with van der Waals surface area (Å²) in [6.07, 6.45) is 1.92. The lowest BCUT2D eigenvalue weighted by molar-refractivity contribution is -0.128. The lowest BCUT2D eigenvalue weighted by Crippen LogP contribution is -2.28. The van der Waals surface area contributed by atoms with Gasteiger partial charge in [-0.15, -0.1) is 0 Å². The van der Waals surface area contributed by atoms with Gasteiger partial charge in [0.05, 0.1) is 5.92 Å². The van der Waals surface area contributed by atoms with Crippen molar-refractivity contribution < 1.29 is 14.3 Å². The number of hydrogen-bond acceptors (Lipinski definition) is 3. The molecule has 2 amide bonds. The van der Waals surface area contributed by atoms with Crippen LogP contribution in [0.4, 0.5) is 5.69 Å². The van der Waals surface area contributed by atoms with Gasteiger partial charge in [-0.1, -0.05) is 50.8 Å². The number of amides is 2. The summed E-state index contributed by atoms with van der Waals surface area (Å²) in [6.45, 7) is 9.34. The van der Waals surface area contributed by atoms with E-state index in [0.717, 1.165) is 5.56 Å². The molecule has 2 aromatic carbocycles. The first-order valence-electron chi connectivity index (χ1n) is 9.97. The number of nitrogens with zero attached hydrogens (tertiary/aromatic N) is 1. The maximum atomic E-state index is 12.6. The zero-order chi connectivity index (χ0) is 20.8. The number of hydrogen-bond donors (Lipinski definition) is 1. The van der Waals surface area contributed by atoms with Crippen LogP contribution in [0.25, 0.3) is 0 Å². The van der Waals surface area contributed by atoms with Gasteiger partial charge in [0.25, 0.3) is 0 Å². The molecule has 3 rings (SSSR count). The van der Waals surface area contributed by atoms with Crippen LogP contribution in [0.1, 0.15) is 37.3 Å². The molecule has 0 saturated carbocycles. The quantitative estimate of drug-likeness (QED) is 0.679. The van der Waals surface area contributed by atoms with Crippen LogP contribution < -0.4 is 10.1 Å². The summed E-state index contributed by atoms with van der Waals surface area (Å²) in [5.41, 5.74) is 3.05. The fourth-order valence-electron chi connectivity index (χ4n) is 3.36. The summed E-state index contributed by atoms with van der Waals surface area (Å²) in [6, 6.07) is 15.5. The molecule has 0 bridgehead atoms. The second-order valence-corrected chi connectivity index (χ2v) is 7.68. The topological polar surface area (TPSA) is 58.6 Å². The van der Waals surface area contributed by atoms with Crippen LogP contribution in [0.2, 0.25) is 0 Å². The van der Waals surface area contributed by atoms with Crippen molar-refractivity contribution in [1.29, 1.82) is 0 Å². The molecule has 29 heavy (non-hydrogen) atoms. The van der Waals surface area contributed by atoms with Crippen LogP contribution in [0, 0.1) is 5.92 Å². The monoisotopic (exact) mass is 392 g/mol. The fourth-order valence-corrected chi connectivity index (χ4v) is 3.36. The van der Waals surface area contributed by atoms with Crippen molar-refractivity contribution in [3.05, 3.63) is 72.3 Å². The summed E-state index contributed by atoms with van der Waals surface area (Å²) < 4.78 is 5.44. The van der Waals surface area contributed by atoms with Gasteiger partial charge in [0.2, 0.25) is 11.8 Å². The molecule has 0 aromatic heterocycles. The van der Waals surface area contributed by atoms with Crippen molar-refractivity contribution in [2.24, 2.45) is 5.92 Å². The predicted molar refractivity (Wildman–Crippen MR) is 115 cm³/mol. The smallest absolute Gasteiger partial charge is 0.229 e. The number of carbonyl (C=O) groups excluding carboxylic acids is 2. The van der Waals surface area contributed by atoms with Crippen LogP contribution >= 0.6 is 0 Å². The average molecular weight is 392 g/mol. The van der Waals surface area contributed by atoms with E-state index in [4.69, 9.17) is 4.74 Å². The molecule has 0 aliphatic carbocycles. The molecule has 1 fully saturated rings. The maximum Gasteiger partial charge on any atom is 0.229 e. The normalized spacial score (nSPS) is 16.2. The van der Waals surface area contributed by atoms with Crippen molar-refractivity contribution in [2.75, 3.05) is 18.5 Å². The average Bonchev–Trinajstić information content (AvgIpc) is 3.08. The Labute approximate surface area is 172 Å². The van der Waals surface area contributed by atoms with Crippen molar-refractivity contribution in [3.8, 4) is 5.75 Å². The highest BCUT2D eigenvalue weighted by Crippen LogP contribution is 2.23. The Morgan fingerprint density at radius 2 is 1.90 bits per heavy atom. The maximum absolute atomic E-state index is 12.6. The molecule has 152 valence electrons. The highest BCUT2D eigenvalue weighted by Gasteiger charge is 2.34. The van der Waals surface area contributed by atoms with Gasteiger partial charge in [0.1, 0.15) is 12.4 Å². The molecule has 1 aliphatic heterocycles. The second kappa shape index (κ2) is 9.41. The third-order valence-electron chi connectivity index (χ3n) is 5.09. The van der Waals surface area contributed by atoms with Crippen molar-refractivity contribution in [2.45, 2.75) is 32.7 Å². The van der Waals surface area contributed by atoms with Crippen LogP contribution in [-0.4, -0.2) is 29.9 Å². The van der Waals surface area contributed by atoms with E-state index in [9.17, 15) is 9.59 Å². The molecule has 5 nitrogen and oxygen atoms in total. The van der Waals surface area contributed by atoms with Crippen molar-refractivity contribution in [3.63, 3.8) is 0 Å². The largest absolute Gasteiger partial charge is 0.490 e. The van der Waals surface area contributed by atoms with Gasteiger partial charge in [-0.2, -0.15) is 0 Å². The first-order valence-corrected chi connectivity index (χ1v) is 9.97. The predicted octanol–water partition coefficient (Wildman–Crippen LogP) is 4.36. The highest BCUT2D eigenvalue weighted by molar-refractivity contribution is 5.97. The Morgan fingerprint density at radius 1 is 1.21 bits per heavy atom. The molecular weight excluding hydrogens is 364 g/mol. The summed E-state index contributed by atoms with van der Waals surface area (Å²) in [5.74, 6) is 0.748. The third-order valence-corrected chi connectivity index (χ3v) is 5.09. The van der Waals surface area contributed by atoms with Gasteiger partial charge in [-0.25, -0.2) is 0 Å². The zero-order valence-corrected chi connectivity index (χ0v) is 17.1. The van der Waals surface area contributed by atoms with E-state index in [1.807, 2.05) is 0 Å². The number of nitrogens with one attached hydrogen (secondary N) is 1. The number of likely N-dealkylation sites (tertiary alicyclic amines) is 1. The van der Waals surface area contributed by atoms with Crippen molar-refractivity contribution in [1.82, 2.24) is 4.90 Å². The van der Waals surface area contributed by atoms with E-state index in [-0.39, 0.29) is 24.2 Å². The number of carbonyl (C=O) groups is 2. The highest BCUT2D eigenvalue weighted by atomic mass is 16.5. The summed E-state index contributed by atoms with van der Waals surface area (Å²) in [7, 11) is 0. The van der Waals surface area contributed by atoms with E-state index >= 15 is 0 Å². The van der Waals surface area contributed by atoms with Crippen LogP contribution in [0.15, 0.2) is 61.2 Å². The van der Waals surface area contributed by atoms with E-state index in [2.05, 4.69) is 50.0 Å². The fraction of sp³-hybridized carbons (Fsp3) is 0.333. The van der Waals surface area contributed by atoms with Gasteiger partial charge in [-0.05, 0) is 41.3 Å². The van der Waals surface area contributed by atoms with Gasteiger partial charge in [0.15, 0.2) is 0 Å². The Kier molecular flexibility index (Phi) is 6.70. The Bertz CT molecular complexity index is 857. The minimum atomic E-state index is -0.339. The van der Waals surface area contributed by atoms with E-state index < -0.39 is 0 Å². The number of anilines is 1. The van der Waals surface area contributed by atoms with Crippen LogP contribution in [0.3, 0.4) is 0 Å². The Hall–Kier alpha value is -3.08. The first-order chi connectivity index (χ1) is 14.0. The molecule has 1 heterocycles. The molecule has 1 aliphatic rings. The van der Waals surface area contributed by atoms with E-state index in [1.165, 1.54) is 5.56 Å². The number of rotatable bonds is 8. The van der Waals surface area contributed by atoms with Gasteiger partial charge >= 0.3 is 0 Å². The minimum Gasteiger partial charge on any atom is -0.490 e. The molecule has 1 unspecified atom stereocenters. The molecule has 5 heteroatoms. The lowest BCUT2D eigenvalue weighted by atomic mass is 10.0. The Balaban J connectivity index is 1.54. The standard InChI is InChI=1S/C24H28N2O3/c1-4-13-29-22-11-9-21(10-12-22)25-24(28)20-14-23(27)26(16-20)15-18-5-7-19(8-6-18)17(2)3/h4-12,17,20H,1,13-16H2,2-3H3,(H,25,28). The second-order valence-electron chi connectivity index (χ2n) is 7.68. The zero-order valence-electron chi connectivity index (χ0n) is 17.1. The van der Waals surface area contributed by atoms with E-state index in [1.54, 1.807) is 35.2 Å². The molecule has 0 spiro atoms. The first kappa shape index (κ1) is 20.6. The molecule has 2 aromatic rings. The van der Waals surface area contributed by atoms with Crippen molar-refractivity contribution >= 4 is 17.5 Å². The van der Waals surface area contributed by atoms with Crippen LogP contribution in [0.5, 0.6) is 5.75 Å². The third kappa shape index (κ3) is 5.47. The summed E-state index contributed by atoms with van der Waals surface area (Å²) in [5, 5.41) is 2.90. The van der Waals surface area contributed by atoms with Crippen LogP contribution in [-0.2, 0) is 16.1 Å². The lowest BCUT2D eigenvalue weighted by Gasteiger charge is -2.17. The summed E-state index contributed by atoms with van der Waals surface area (Å²) >= 11 is 0. The SMILES string of the molecule is C=CCOc1ccc(NC(=O)C2CC(=O)N(Cc3ccc(C(C)C)cc3)C2)cc1. The van der Waals surface area contributed by atoms with Gasteiger partial charge in [-0.3, -0.25) is 9.59 Å². The number of ether oxygens (including phenoxy) is 1. The Morgan fingerprint density at radius 3 is 2.52 bits per heavy atom. The van der Waals surface area contributed by atoms with Gasteiger partial charge < -0.3 is 15.0 Å². The molecular formula is C24H28N2O3. The molecule has 1 N–H and O–H groups in total. The molecule has 1 saturated heterocycles. The van der Waals surface area contributed by atoms with Gasteiger partial charge in [0, 0.05) is 25.2 Å². The minimum absolute atomic E-state index is 0.0197.